The first-order valence-corrected chi connectivity index (χ1v) is 9.00. The first kappa shape index (κ1) is 20.5. The van der Waals surface area contributed by atoms with Crippen molar-refractivity contribution in [2.45, 2.75) is 13.0 Å². The number of urea groups is 1. The smallest absolute Gasteiger partial charge is 0.322 e. The quantitative estimate of drug-likeness (QED) is 0.762. The van der Waals surface area contributed by atoms with Crippen LogP contribution in [0.2, 0.25) is 0 Å². The molecule has 26 heavy (non-hydrogen) atoms. The van der Waals surface area contributed by atoms with E-state index >= 15 is 0 Å². The van der Waals surface area contributed by atoms with E-state index in [1.807, 2.05) is 42.2 Å². The van der Waals surface area contributed by atoms with Gasteiger partial charge in [-0.05, 0) is 42.8 Å². The Morgan fingerprint density at radius 1 is 1.46 bits per heavy atom. The van der Waals surface area contributed by atoms with Gasteiger partial charge in [0.2, 0.25) is 0 Å². The molecule has 0 aliphatic carbocycles. The Morgan fingerprint density at radius 2 is 2.31 bits per heavy atom. The van der Waals surface area contributed by atoms with Crippen LogP contribution in [0.4, 0.5) is 10.5 Å². The lowest BCUT2D eigenvalue weighted by Crippen LogP contribution is -2.57. The number of carbonyl (C=O) groups is 1. The summed E-state index contributed by atoms with van der Waals surface area (Å²) in [6.07, 6.45) is 3.38. The van der Waals surface area contributed by atoms with Crippen LogP contribution in [0.5, 0.6) is 5.75 Å². The Hall–Kier alpha value is -1.83. The van der Waals surface area contributed by atoms with Crippen molar-refractivity contribution in [1.29, 1.82) is 0 Å². The van der Waals surface area contributed by atoms with E-state index in [-0.39, 0.29) is 24.5 Å². The van der Waals surface area contributed by atoms with Gasteiger partial charge in [-0.1, -0.05) is 15.9 Å². The molecule has 0 spiro atoms. The predicted molar refractivity (Wildman–Crippen MR) is 108 cm³/mol. The highest BCUT2D eigenvalue weighted by atomic mass is 79.9. The summed E-state index contributed by atoms with van der Waals surface area (Å²) in [5.74, 6) is 0.706. The minimum atomic E-state index is -0.108. The molecule has 1 aliphatic rings. The molecule has 2 amide bonds. The average molecular weight is 442 g/mol. The van der Waals surface area contributed by atoms with Crippen LogP contribution in [0, 0.1) is 6.92 Å². The highest BCUT2D eigenvalue weighted by molar-refractivity contribution is 9.10. The summed E-state index contributed by atoms with van der Waals surface area (Å²) in [5, 5.41) is 6.29. The van der Waals surface area contributed by atoms with E-state index in [2.05, 4.69) is 31.5 Å². The van der Waals surface area contributed by atoms with Gasteiger partial charge in [0, 0.05) is 36.0 Å². The van der Waals surface area contributed by atoms with Gasteiger partial charge in [-0.25, -0.2) is 4.79 Å². The molecule has 6 nitrogen and oxygen atoms in total. The van der Waals surface area contributed by atoms with Crippen LogP contribution in [-0.2, 0) is 0 Å². The lowest BCUT2D eigenvalue weighted by molar-refractivity contribution is 0.133. The second-order valence-electron chi connectivity index (χ2n) is 5.95. The number of nitrogens with one attached hydrogen (secondary N) is 2. The molecule has 1 fully saturated rings. The summed E-state index contributed by atoms with van der Waals surface area (Å²) in [5.41, 5.74) is 1.87. The summed E-state index contributed by atoms with van der Waals surface area (Å²) >= 11 is 3.47. The van der Waals surface area contributed by atoms with Crippen LogP contribution in [0.15, 0.2) is 47.2 Å². The SMILES string of the molecule is Cc1cc(NC(=O)N2CCNCC2COc2cccnc2)ccc1Br.Cl. The molecule has 1 saturated heterocycles. The largest absolute Gasteiger partial charge is 0.490 e. The van der Waals surface area contributed by atoms with Crippen molar-refractivity contribution < 1.29 is 9.53 Å². The maximum absolute atomic E-state index is 12.7. The van der Waals surface area contributed by atoms with Gasteiger partial charge in [0.1, 0.15) is 12.4 Å². The summed E-state index contributed by atoms with van der Waals surface area (Å²) in [6, 6.07) is 9.32. The van der Waals surface area contributed by atoms with Crippen LogP contribution < -0.4 is 15.4 Å². The number of piperazine rings is 1. The zero-order chi connectivity index (χ0) is 17.6. The Balaban J connectivity index is 0.00000243. The number of ether oxygens (including phenoxy) is 1. The lowest BCUT2D eigenvalue weighted by Gasteiger charge is -2.35. The fourth-order valence-corrected chi connectivity index (χ4v) is 2.97. The van der Waals surface area contributed by atoms with Crippen LogP contribution in [0.3, 0.4) is 0 Å². The van der Waals surface area contributed by atoms with Crippen LogP contribution in [0.25, 0.3) is 0 Å². The maximum Gasteiger partial charge on any atom is 0.322 e. The number of rotatable bonds is 4. The molecule has 3 rings (SSSR count). The Kier molecular flexibility index (Phi) is 7.68. The van der Waals surface area contributed by atoms with Crippen LogP contribution >= 0.6 is 28.3 Å². The van der Waals surface area contributed by atoms with Crippen LogP contribution in [-0.4, -0.2) is 48.2 Å². The molecule has 0 radical (unpaired) electrons. The Labute approximate surface area is 167 Å². The molecule has 2 N–H and O–H groups in total. The number of carbonyl (C=O) groups excluding carboxylic acids is 1. The van der Waals surface area contributed by atoms with E-state index < -0.39 is 0 Å². The fourth-order valence-electron chi connectivity index (χ4n) is 2.72. The number of pyridine rings is 1. The normalized spacial score (nSPS) is 16.5. The van der Waals surface area contributed by atoms with Gasteiger partial charge in [0.25, 0.3) is 0 Å². The molecule has 0 saturated carbocycles. The van der Waals surface area contributed by atoms with Crippen molar-refractivity contribution in [3.63, 3.8) is 0 Å². The van der Waals surface area contributed by atoms with E-state index in [1.165, 1.54) is 0 Å². The predicted octanol–water partition coefficient (Wildman–Crippen LogP) is 3.46. The van der Waals surface area contributed by atoms with Gasteiger partial charge in [0.05, 0.1) is 12.2 Å². The minimum Gasteiger partial charge on any atom is -0.490 e. The third-order valence-electron chi connectivity index (χ3n) is 4.10. The number of aromatic nitrogens is 1. The summed E-state index contributed by atoms with van der Waals surface area (Å²) in [4.78, 5) is 18.6. The van der Waals surface area contributed by atoms with Crippen molar-refractivity contribution >= 4 is 40.1 Å². The molecule has 1 aliphatic heterocycles. The first-order chi connectivity index (χ1) is 12.1. The van der Waals surface area contributed by atoms with E-state index in [4.69, 9.17) is 4.74 Å². The summed E-state index contributed by atoms with van der Waals surface area (Å²) in [6.45, 7) is 4.53. The van der Waals surface area contributed by atoms with Gasteiger partial charge >= 0.3 is 6.03 Å². The number of halogens is 2. The van der Waals surface area contributed by atoms with Gasteiger partial charge in [-0.3, -0.25) is 4.98 Å². The highest BCUT2D eigenvalue weighted by Gasteiger charge is 2.27. The molecular formula is C18H22BrClN4O2. The molecule has 2 aromatic rings. The molecule has 140 valence electrons. The topological polar surface area (TPSA) is 66.5 Å². The second kappa shape index (κ2) is 9.75. The fraction of sp³-hybridized carbons (Fsp3) is 0.333. The lowest BCUT2D eigenvalue weighted by atomic mass is 10.2. The number of hydrogen-bond acceptors (Lipinski definition) is 4. The molecular weight excluding hydrogens is 420 g/mol. The molecule has 1 atom stereocenters. The van der Waals surface area contributed by atoms with Gasteiger partial charge in [-0.15, -0.1) is 12.4 Å². The molecule has 2 heterocycles. The number of hydrogen-bond donors (Lipinski definition) is 2. The highest BCUT2D eigenvalue weighted by Crippen LogP contribution is 2.20. The Morgan fingerprint density at radius 3 is 3.04 bits per heavy atom. The number of anilines is 1. The van der Waals surface area contributed by atoms with Gasteiger partial charge < -0.3 is 20.3 Å². The zero-order valence-electron chi connectivity index (χ0n) is 14.4. The zero-order valence-corrected chi connectivity index (χ0v) is 16.8. The molecule has 0 bridgehead atoms. The first-order valence-electron chi connectivity index (χ1n) is 8.21. The molecule has 1 aromatic heterocycles. The summed E-state index contributed by atoms with van der Waals surface area (Å²) in [7, 11) is 0. The van der Waals surface area contributed by atoms with E-state index in [0.717, 1.165) is 22.3 Å². The number of aryl methyl sites for hydroxylation is 1. The monoisotopic (exact) mass is 440 g/mol. The van der Waals surface area contributed by atoms with E-state index in [1.54, 1.807) is 12.4 Å². The van der Waals surface area contributed by atoms with Crippen molar-refractivity contribution in [3.8, 4) is 5.75 Å². The minimum absolute atomic E-state index is 0. The van der Waals surface area contributed by atoms with E-state index in [0.29, 0.717) is 25.4 Å². The summed E-state index contributed by atoms with van der Waals surface area (Å²) < 4.78 is 6.80. The van der Waals surface area contributed by atoms with E-state index in [9.17, 15) is 4.79 Å². The third kappa shape index (κ3) is 5.33. The molecule has 8 heteroatoms. The molecule has 1 unspecified atom stereocenters. The Bertz CT molecular complexity index is 732. The van der Waals surface area contributed by atoms with Crippen molar-refractivity contribution in [2.24, 2.45) is 0 Å². The standard InChI is InChI=1S/C18H21BrN4O2.ClH/c1-13-9-14(4-5-17(13)19)22-18(24)23-8-7-21-10-15(23)12-25-16-3-2-6-20-11-16;/h2-6,9,11,15,21H,7-8,10,12H2,1H3,(H,22,24);1H. The maximum atomic E-state index is 12.7. The average Bonchev–Trinajstić information content (AvgIpc) is 2.64. The number of nitrogens with zero attached hydrogens (tertiary/aromatic N) is 2. The van der Waals surface area contributed by atoms with Crippen molar-refractivity contribution in [2.75, 3.05) is 31.6 Å². The number of benzene rings is 1. The van der Waals surface area contributed by atoms with Crippen molar-refractivity contribution in [1.82, 2.24) is 15.2 Å². The second-order valence-corrected chi connectivity index (χ2v) is 6.80. The molecule has 1 aromatic carbocycles. The van der Waals surface area contributed by atoms with Crippen LogP contribution in [0.1, 0.15) is 5.56 Å². The van der Waals surface area contributed by atoms with Gasteiger partial charge in [0.15, 0.2) is 0 Å². The van der Waals surface area contributed by atoms with Gasteiger partial charge in [-0.2, -0.15) is 0 Å². The third-order valence-corrected chi connectivity index (χ3v) is 4.99. The number of amides is 2. The van der Waals surface area contributed by atoms with Crippen molar-refractivity contribution in [3.05, 3.63) is 52.8 Å².